The maximum absolute atomic E-state index is 12.3. The molecule has 1 saturated carbocycles. The molecule has 0 aliphatic heterocycles. The van der Waals surface area contributed by atoms with Gasteiger partial charge in [-0.05, 0) is 71.7 Å². The predicted octanol–water partition coefficient (Wildman–Crippen LogP) is 4.63. The van der Waals surface area contributed by atoms with Crippen LogP contribution in [-0.2, 0) is 0 Å². The number of benzene rings is 1. The number of amides is 1. The van der Waals surface area contributed by atoms with Gasteiger partial charge in [0.15, 0.2) is 0 Å². The lowest BCUT2D eigenvalue weighted by Crippen LogP contribution is -2.39. The molecule has 0 unspecified atom stereocenters. The summed E-state index contributed by atoms with van der Waals surface area (Å²) in [4.78, 5) is 12.3. The molecule has 0 bridgehead atoms. The molecule has 2 rings (SSSR count). The summed E-state index contributed by atoms with van der Waals surface area (Å²) in [6.45, 7) is 6.97. The number of carbonyl (C=O) groups is 1. The molecule has 0 radical (unpaired) electrons. The van der Waals surface area contributed by atoms with Crippen LogP contribution in [0, 0.1) is 14.9 Å². The Bertz CT molecular complexity index is 470. The number of hydrogen-bond acceptors (Lipinski definition) is 1. The minimum Gasteiger partial charge on any atom is -0.349 e. The lowest BCUT2D eigenvalue weighted by molar-refractivity contribution is 0.0903. The zero-order valence-corrected chi connectivity index (χ0v) is 14.7. The molecule has 0 spiro atoms. The number of hydrogen-bond donors (Lipinski definition) is 1. The Hall–Kier alpha value is -0.580. The van der Waals surface area contributed by atoms with Crippen LogP contribution in [0.4, 0.5) is 0 Å². The van der Waals surface area contributed by atoms with Crippen LogP contribution in [0.25, 0.3) is 0 Å². The third kappa shape index (κ3) is 3.96. The van der Waals surface area contributed by atoms with E-state index in [1.165, 1.54) is 12.8 Å². The van der Waals surface area contributed by atoms with Crippen molar-refractivity contribution in [2.45, 2.75) is 52.5 Å². The van der Waals surface area contributed by atoms with E-state index in [9.17, 15) is 4.79 Å². The number of nitrogens with one attached hydrogen (secondary N) is 1. The highest BCUT2D eigenvalue weighted by Crippen LogP contribution is 2.37. The van der Waals surface area contributed by atoms with Crippen molar-refractivity contribution in [2.24, 2.45) is 11.3 Å². The van der Waals surface area contributed by atoms with Crippen molar-refractivity contribution in [3.8, 4) is 0 Å². The molecule has 3 heteroatoms. The van der Waals surface area contributed by atoms with Gasteiger partial charge < -0.3 is 5.32 Å². The van der Waals surface area contributed by atoms with Crippen LogP contribution < -0.4 is 5.32 Å². The number of carbonyl (C=O) groups excluding carboxylic acids is 1. The summed E-state index contributed by atoms with van der Waals surface area (Å²) in [6.07, 6.45) is 4.66. The van der Waals surface area contributed by atoms with Crippen molar-refractivity contribution in [1.82, 2.24) is 5.32 Å². The van der Waals surface area contributed by atoms with Crippen LogP contribution in [0.3, 0.4) is 0 Å². The van der Waals surface area contributed by atoms with E-state index >= 15 is 0 Å². The van der Waals surface area contributed by atoms with Crippen molar-refractivity contribution in [3.05, 3.63) is 33.4 Å². The second-order valence-corrected chi connectivity index (χ2v) is 8.03. The Labute approximate surface area is 135 Å². The van der Waals surface area contributed by atoms with Crippen LogP contribution in [0.5, 0.6) is 0 Å². The first-order chi connectivity index (χ1) is 9.38. The molecule has 1 aromatic rings. The molecule has 1 amide bonds. The maximum atomic E-state index is 12.3. The molecule has 110 valence electrons. The summed E-state index contributed by atoms with van der Waals surface area (Å²) in [7, 11) is 0. The van der Waals surface area contributed by atoms with Gasteiger partial charge in [0.25, 0.3) is 5.91 Å². The summed E-state index contributed by atoms with van der Waals surface area (Å²) in [6, 6.07) is 8.11. The average molecular weight is 385 g/mol. The molecule has 0 saturated heterocycles. The molecule has 1 N–H and O–H groups in total. The van der Waals surface area contributed by atoms with Gasteiger partial charge in [-0.3, -0.25) is 4.79 Å². The first-order valence-electron chi connectivity index (χ1n) is 7.43. The van der Waals surface area contributed by atoms with Gasteiger partial charge in [0.2, 0.25) is 0 Å². The largest absolute Gasteiger partial charge is 0.349 e. The van der Waals surface area contributed by atoms with Gasteiger partial charge in [-0.25, -0.2) is 0 Å². The lowest BCUT2D eigenvalue weighted by Gasteiger charge is -2.37. The fourth-order valence-corrected chi connectivity index (χ4v) is 3.64. The first-order valence-corrected chi connectivity index (χ1v) is 8.51. The standard InChI is InChI=1S/C17H24INO/c1-17(2,3)12-8-10-13(11-9-12)19-16(20)14-6-4-5-7-15(14)18/h4-7,12-13H,8-11H2,1-3H3,(H,19,20). The van der Waals surface area contributed by atoms with Gasteiger partial charge in [-0.1, -0.05) is 32.9 Å². The highest BCUT2D eigenvalue weighted by atomic mass is 127. The zero-order valence-electron chi connectivity index (χ0n) is 12.6. The van der Waals surface area contributed by atoms with Crippen LogP contribution >= 0.6 is 22.6 Å². The van der Waals surface area contributed by atoms with E-state index in [1.54, 1.807) is 0 Å². The van der Waals surface area contributed by atoms with E-state index in [1.807, 2.05) is 24.3 Å². The number of halogens is 1. The second-order valence-electron chi connectivity index (χ2n) is 6.87. The third-order valence-electron chi connectivity index (χ3n) is 4.41. The molecule has 2 nitrogen and oxygen atoms in total. The van der Waals surface area contributed by atoms with Crippen LogP contribution in [-0.4, -0.2) is 11.9 Å². The molecular formula is C17H24INO. The minimum atomic E-state index is 0.0780. The summed E-state index contributed by atoms with van der Waals surface area (Å²) < 4.78 is 1.02. The highest BCUT2D eigenvalue weighted by molar-refractivity contribution is 14.1. The van der Waals surface area contributed by atoms with E-state index in [0.29, 0.717) is 11.5 Å². The first kappa shape index (κ1) is 15.8. The summed E-state index contributed by atoms with van der Waals surface area (Å²) in [5, 5.41) is 3.20. The Morgan fingerprint density at radius 2 is 1.75 bits per heavy atom. The Kier molecular flexibility index (Phi) is 5.10. The zero-order chi connectivity index (χ0) is 14.8. The Morgan fingerprint density at radius 1 is 1.15 bits per heavy atom. The van der Waals surface area contributed by atoms with Crippen molar-refractivity contribution in [2.75, 3.05) is 0 Å². The summed E-state index contributed by atoms with van der Waals surface area (Å²) in [5.41, 5.74) is 1.19. The monoisotopic (exact) mass is 385 g/mol. The van der Waals surface area contributed by atoms with Crippen molar-refractivity contribution in [1.29, 1.82) is 0 Å². The SMILES string of the molecule is CC(C)(C)C1CCC(NC(=O)c2ccccc2I)CC1. The molecule has 0 atom stereocenters. The summed E-state index contributed by atoms with van der Waals surface area (Å²) in [5.74, 6) is 0.863. The van der Waals surface area contributed by atoms with Crippen LogP contribution in [0.1, 0.15) is 56.8 Å². The predicted molar refractivity (Wildman–Crippen MR) is 91.8 cm³/mol. The molecular weight excluding hydrogens is 361 g/mol. The third-order valence-corrected chi connectivity index (χ3v) is 5.35. The van der Waals surface area contributed by atoms with E-state index < -0.39 is 0 Å². The van der Waals surface area contributed by atoms with Crippen molar-refractivity contribution in [3.63, 3.8) is 0 Å². The molecule has 1 aromatic carbocycles. The lowest BCUT2D eigenvalue weighted by atomic mass is 9.71. The molecule has 1 aliphatic rings. The molecule has 1 aliphatic carbocycles. The van der Waals surface area contributed by atoms with Crippen LogP contribution in [0.2, 0.25) is 0 Å². The van der Waals surface area contributed by atoms with E-state index in [4.69, 9.17) is 0 Å². The van der Waals surface area contributed by atoms with E-state index in [0.717, 1.165) is 27.9 Å². The molecule has 0 aromatic heterocycles. The normalized spacial score (nSPS) is 23.4. The highest BCUT2D eigenvalue weighted by Gasteiger charge is 2.30. The Balaban J connectivity index is 1.90. The smallest absolute Gasteiger partial charge is 0.252 e. The van der Waals surface area contributed by atoms with Crippen molar-refractivity contribution >= 4 is 28.5 Å². The van der Waals surface area contributed by atoms with Gasteiger partial charge in [-0.2, -0.15) is 0 Å². The summed E-state index contributed by atoms with van der Waals surface area (Å²) >= 11 is 2.22. The Morgan fingerprint density at radius 3 is 2.30 bits per heavy atom. The molecule has 1 fully saturated rings. The average Bonchev–Trinajstić information content (AvgIpc) is 2.38. The van der Waals surface area contributed by atoms with Gasteiger partial charge >= 0.3 is 0 Å². The van der Waals surface area contributed by atoms with Gasteiger partial charge in [0, 0.05) is 9.61 Å². The number of rotatable bonds is 2. The fraction of sp³-hybridized carbons (Fsp3) is 0.588. The van der Waals surface area contributed by atoms with E-state index in [-0.39, 0.29) is 5.91 Å². The minimum absolute atomic E-state index is 0.0780. The van der Waals surface area contributed by atoms with E-state index in [2.05, 4.69) is 48.7 Å². The van der Waals surface area contributed by atoms with Crippen LogP contribution in [0.15, 0.2) is 24.3 Å². The molecule has 0 heterocycles. The van der Waals surface area contributed by atoms with Gasteiger partial charge in [0.05, 0.1) is 5.56 Å². The second kappa shape index (κ2) is 6.46. The van der Waals surface area contributed by atoms with Gasteiger partial charge in [-0.15, -0.1) is 0 Å². The molecule has 20 heavy (non-hydrogen) atoms. The topological polar surface area (TPSA) is 29.1 Å². The fourth-order valence-electron chi connectivity index (χ4n) is 3.01. The van der Waals surface area contributed by atoms with Gasteiger partial charge in [0.1, 0.15) is 0 Å². The quantitative estimate of drug-likeness (QED) is 0.740. The maximum Gasteiger partial charge on any atom is 0.252 e. The van der Waals surface area contributed by atoms with Crippen molar-refractivity contribution < 1.29 is 4.79 Å².